The zero-order valence-electron chi connectivity index (χ0n) is 14.9. The zero-order chi connectivity index (χ0) is 18.1. The van der Waals surface area contributed by atoms with E-state index in [4.69, 9.17) is 4.74 Å². The van der Waals surface area contributed by atoms with E-state index < -0.39 is 0 Å². The molecule has 0 unspecified atom stereocenters. The van der Waals surface area contributed by atoms with Crippen molar-refractivity contribution < 1.29 is 9.53 Å². The van der Waals surface area contributed by atoms with Gasteiger partial charge in [0, 0.05) is 6.21 Å². The van der Waals surface area contributed by atoms with E-state index in [1.807, 2.05) is 61.5 Å². The first-order valence-corrected chi connectivity index (χ1v) is 8.33. The highest BCUT2D eigenvalue weighted by molar-refractivity contribution is 5.82. The van der Waals surface area contributed by atoms with Crippen molar-refractivity contribution in [2.75, 3.05) is 6.61 Å². The summed E-state index contributed by atoms with van der Waals surface area (Å²) in [6.45, 7) is 6.13. The molecule has 0 fully saturated rings. The number of hydrazone groups is 1. The summed E-state index contributed by atoms with van der Waals surface area (Å²) in [4.78, 5) is 11.8. The molecular formula is C21H24N2O2. The van der Waals surface area contributed by atoms with Crippen LogP contribution in [-0.2, 0) is 4.79 Å². The summed E-state index contributed by atoms with van der Waals surface area (Å²) in [7, 11) is 0. The van der Waals surface area contributed by atoms with Crippen LogP contribution in [0.1, 0.15) is 36.5 Å². The van der Waals surface area contributed by atoms with Gasteiger partial charge in [-0.2, -0.15) is 5.10 Å². The van der Waals surface area contributed by atoms with E-state index in [2.05, 4.69) is 24.4 Å². The Kier molecular flexibility index (Phi) is 6.96. The lowest BCUT2D eigenvalue weighted by atomic mass is 10.0. The minimum atomic E-state index is -0.291. The predicted molar refractivity (Wildman–Crippen MR) is 103 cm³/mol. The van der Waals surface area contributed by atoms with Gasteiger partial charge >= 0.3 is 0 Å². The summed E-state index contributed by atoms with van der Waals surface area (Å²) in [5, 5.41) is 3.88. The Labute approximate surface area is 149 Å². The molecule has 0 aromatic heterocycles. The maximum atomic E-state index is 11.8. The van der Waals surface area contributed by atoms with Crippen molar-refractivity contribution >= 4 is 18.2 Å². The van der Waals surface area contributed by atoms with E-state index in [1.54, 1.807) is 6.08 Å². The molecule has 130 valence electrons. The Bertz CT molecular complexity index is 750. The minimum Gasteiger partial charge on any atom is -0.483 e. The summed E-state index contributed by atoms with van der Waals surface area (Å²) in [5.74, 6) is 0.790. The van der Waals surface area contributed by atoms with Gasteiger partial charge in [0.15, 0.2) is 6.61 Å². The fraction of sp³-hybridized carbons (Fsp3) is 0.238. The number of nitrogens with zero attached hydrogens (tertiary/aromatic N) is 1. The molecule has 0 saturated carbocycles. The van der Waals surface area contributed by atoms with Gasteiger partial charge in [0.2, 0.25) is 0 Å². The third-order valence-corrected chi connectivity index (χ3v) is 3.59. The SMILES string of the molecule is Cc1ccc(C(C)C)c(OCC(=O)N/N=C/C=C/c2ccccc2)c1. The van der Waals surface area contributed by atoms with E-state index in [0.717, 1.165) is 22.4 Å². The molecule has 0 atom stereocenters. The highest BCUT2D eigenvalue weighted by atomic mass is 16.5. The van der Waals surface area contributed by atoms with E-state index in [1.165, 1.54) is 6.21 Å². The minimum absolute atomic E-state index is 0.0666. The van der Waals surface area contributed by atoms with Gasteiger partial charge in [0.05, 0.1) is 0 Å². The molecular weight excluding hydrogens is 312 g/mol. The number of benzene rings is 2. The standard InChI is InChI=1S/C21H24N2O2/c1-16(2)19-12-11-17(3)14-20(19)25-15-21(24)23-22-13-7-10-18-8-5-4-6-9-18/h4-14,16H,15H2,1-3H3,(H,23,24)/b10-7+,22-13+. The Morgan fingerprint density at radius 3 is 2.68 bits per heavy atom. The number of rotatable bonds is 7. The number of ether oxygens (including phenoxy) is 1. The molecule has 0 saturated heterocycles. The maximum absolute atomic E-state index is 11.8. The molecule has 0 aliphatic carbocycles. The van der Waals surface area contributed by atoms with Crippen LogP contribution < -0.4 is 10.2 Å². The summed E-state index contributed by atoms with van der Waals surface area (Å²) in [5.41, 5.74) is 5.72. The monoisotopic (exact) mass is 336 g/mol. The van der Waals surface area contributed by atoms with Crippen molar-refractivity contribution in [2.45, 2.75) is 26.7 Å². The second-order valence-corrected chi connectivity index (χ2v) is 6.07. The molecule has 0 heterocycles. The first-order valence-electron chi connectivity index (χ1n) is 8.33. The van der Waals surface area contributed by atoms with Crippen LogP contribution in [0.4, 0.5) is 0 Å². The number of carbonyl (C=O) groups excluding carboxylic acids is 1. The van der Waals surface area contributed by atoms with Gasteiger partial charge in [0.25, 0.3) is 5.91 Å². The van der Waals surface area contributed by atoms with Gasteiger partial charge in [-0.1, -0.05) is 62.4 Å². The van der Waals surface area contributed by atoms with Gasteiger partial charge in [-0.05, 0) is 41.7 Å². The highest BCUT2D eigenvalue weighted by Gasteiger charge is 2.09. The van der Waals surface area contributed by atoms with Crippen LogP contribution in [0.3, 0.4) is 0 Å². The third kappa shape index (κ3) is 6.26. The lowest BCUT2D eigenvalue weighted by Gasteiger charge is -2.14. The van der Waals surface area contributed by atoms with Crippen LogP contribution in [0.2, 0.25) is 0 Å². The Morgan fingerprint density at radius 1 is 1.20 bits per heavy atom. The van der Waals surface area contributed by atoms with Crippen molar-refractivity contribution in [3.63, 3.8) is 0 Å². The number of hydrogen-bond acceptors (Lipinski definition) is 3. The molecule has 1 amide bonds. The van der Waals surface area contributed by atoms with Crippen molar-refractivity contribution in [1.29, 1.82) is 0 Å². The van der Waals surface area contributed by atoms with Crippen LogP contribution >= 0.6 is 0 Å². The number of aryl methyl sites for hydroxylation is 1. The van der Waals surface area contributed by atoms with Crippen LogP contribution in [0.15, 0.2) is 59.7 Å². The molecule has 2 rings (SSSR count). The number of amides is 1. The lowest BCUT2D eigenvalue weighted by Crippen LogP contribution is -2.24. The van der Waals surface area contributed by atoms with E-state index in [-0.39, 0.29) is 12.5 Å². The Morgan fingerprint density at radius 2 is 1.96 bits per heavy atom. The molecule has 0 aliphatic heterocycles. The summed E-state index contributed by atoms with van der Waals surface area (Å²) >= 11 is 0. The molecule has 4 heteroatoms. The molecule has 25 heavy (non-hydrogen) atoms. The normalized spacial score (nSPS) is 11.4. The zero-order valence-corrected chi connectivity index (χ0v) is 14.9. The predicted octanol–water partition coefficient (Wildman–Crippen LogP) is 4.31. The fourth-order valence-corrected chi connectivity index (χ4v) is 2.29. The van der Waals surface area contributed by atoms with Gasteiger partial charge in [-0.15, -0.1) is 0 Å². The average Bonchev–Trinajstić information content (AvgIpc) is 2.60. The number of nitrogens with one attached hydrogen (secondary N) is 1. The molecule has 1 N–H and O–H groups in total. The van der Waals surface area contributed by atoms with Crippen LogP contribution in [0.5, 0.6) is 5.75 Å². The van der Waals surface area contributed by atoms with Gasteiger partial charge in [-0.3, -0.25) is 4.79 Å². The topological polar surface area (TPSA) is 50.7 Å². The lowest BCUT2D eigenvalue weighted by molar-refractivity contribution is -0.123. The van der Waals surface area contributed by atoms with Crippen LogP contribution in [-0.4, -0.2) is 18.7 Å². The van der Waals surface area contributed by atoms with Gasteiger partial charge in [-0.25, -0.2) is 5.43 Å². The molecule has 2 aromatic carbocycles. The van der Waals surface area contributed by atoms with Crippen molar-refractivity contribution in [1.82, 2.24) is 5.43 Å². The largest absolute Gasteiger partial charge is 0.483 e. The van der Waals surface area contributed by atoms with Crippen molar-refractivity contribution in [3.05, 3.63) is 71.3 Å². The third-order valence-electron chi connectivity index (χ3n) is 3.59. The summed E-state index contributed by atoms with van der Waals surface area (Å²) in [6, 6.07) is 15.9. The van der Waals surface area contributed by atoms with Crippen molar-refractivity contribution in [3.8, 4) is 5.75 Å². The first-order chi connectivity index (χ1) is 12.1. The average molecular weight is 336 g/mol. The smallest absolute Gasteiger partial charge is 0.277 e. The molecule has 0 radical (unpaired) electrons. The summed E-state index contributed by atoms with van der Waals surface area (Å²) in [6.07, 6.45) is 5.22. The molecule has 4 nitrogen and oxygen atoms in total. The summed E-state index contributed by atoms with van der Waals surface area (Å²) < 4.78 is 5.66. The molecule has 2 aromatic rings. The maximum Gasteiger partial charge on any atom is 0.277 e. The van der Waals surface area contributed by atoms with E-state index >= 15 is 0 Å². The number of carbonyl (C=O) groups is 1. The highest BCUT2D eigenvalue weighted by Crippen LogP contribution is 2.27. The second kappa shape index (κ2) is 9.42. The van der Waals surface area contributed by atoms with Crippen LogP contribution in [0.25, 0.3) is 6.08 Å². The second-order valence-electron chi connectivity index (χ2n) is 6.07. The quantitative estimate of drug-likeness (QED) is 0.605. The molecule has 0 spiro atoms. The Balaban J connectivity index is 1.82. The first kappa shape index (κ1) is 18.5. The van der Waals surface area contributed by atoms with E-state index in [0.29, 0.717) is 5.92 Å². The Hall–Kier alpha value is -2.88. The number of hydrogen-bond donors (Lipinski definition) is 1. The van der Waals surface area contributed by atoms with Gasteiger partial charge < -0.3 is 4.74 Å². The van der Waals surface area contributed by atoms with Crippen LogP contribution in [0, 0.1) is 6.92 Å². The van der Waals surface area contributed by atoms with Gasteiger partial charge in [0.1, 0.15) is 5.75 Å². The van der Waals surface area contributed by atoms with Crippen molar-refractivity contribution in [2.24, 2.45) is 5.10 Å². The van der Waals surface area contributed by atoms with E-state index in [9.17, 15) is 4.79 Å². The molecule has 0 bridgehead atoms. The fourth-order valence-electron chi connectivity index (χ4n) is 2.29. The molecule has 0 aliphatic rings. The number of allylic oxidation sites excluding steroid dienone is 1.